The maximum atomic E-state index is 12.3. The summed E-state index contributed by atoms with van der Waals surface area (Å²) in [5.74, 6) is -0.456. The molecule has 1 aliphatic rings. The molecule has 9 nitrogen and oxygen atoms in total. The zero-order valence-electron chi connectivity index (χ0n) is 16.9. The van der Waals surface area contributed by atoms with Crippen LogP contribution in [0.2, 0.25) is 0 Å². The van der Waals surface area contributed by atoms with E-state index >= 15 is 0 Å². The van der Waals surface area contributed by atoms with Crippen LogP contribution in [0.1, 0.15) is 42.5 Å². The van der Waals surface area contributed by atoms with Crippen molar-refractivity contribution in [2.75, 3.05) is 17.7 Å². The minimum atomic E-state index is -3.79. The molecule has 1 fully saturated rings. The molecule has 0 spiro atoms. The summed E-state index contributed by atoms with van der Waals surface area (Å²) in [6, 6.07) is 10.1. The van der Waals surface area contributed by atoms with E-state index in [1.807, 2.05) is 0 Å². The summed E-state index contributed by atoms with van der Waals surface area (Å²) < 4.78 is 33.6. The predicted molar refractivity (Wildman–Crippen MR) is 115 cm³/mol. The van der Waals surface area contributed by atoms with Crippen LogP contribution in [0.25, 0.3) is 0 Å². The van der Waals surface area contributed by atoms with Gasteiger partial charge in [-0.05, 0) is 68.1 Å². The number of carbonyl (C=O) groups is 2. The minimum Gasteiger partial charge on any atom is -0.491 e. The fourth-order valence-electron chi connectivity index (χ4n) is 3.22. The molecule has 0 bridgehead atoms. The van der Waals surface area contributed by atoms with Gasteiger partial charge >= 0.3 is 5.97 Å². The van der Waals surface area contributed by atoms with E-state index in [0.717, 1.165) is 25.7 Å². The quantitative estimate of drug-likeness (QED) is 0.415. The van der Waals surface area contributed by atoms with Gasteiger partial charge in [-0.2, -0.15) is 0 Å². The maximum Gasteiger partial charge on any atom is 0.338 e. The number of nitrogens with two attached hydrogens (primary N) is 2. The first-order valence-corrected chi connectivity index (χ1v) is 11.4. The Balaban J connectivity index is 1.51. The van der Waals surface area contributed by atoms with Crippen molar-refractivity contribution in [3.63, 3.8) is 0 Å². The number of hydrogen-bond donors (Lipinski definition) is 3. The molecule has 0 radical (unpaired) electrons. The molecule has 3 rings (SSSR count). The summed E-state index contributed by atoms with van der Waals surface area (Å²) >= 11 is 0. The molecule has 0 heterocycles. The molecule has 1 aliphatic carbocycles. The number of esters is 1. The van der Waals surface area contributed by atoms with Crippen LogP contribution < -0.4 is 20.9 Å². The Morgan fingerprint density at radius 3 is 2.39 bits per heavy atom. The molecule has 166 valence electrons. The summed E-state index contributed by atoms with van der Waals surface area (Å²) in [6.07, 6.45) is 3.86. The molecular formula is C21H25N3O6S. The molecular weight excluding hydrogens is 422 g/mol. The first-order valence-electron chi connectivity index (χ1n) is 9.88. The molecule has 0 unspecified atom stereocenters. The van der Waals surface area contributed by atoms with Crippen LogP contribution in [-0.4, -0.2) is 33.0 Å². The molecule has 0 aliphatic heterocycles. The van der Waals surface area contributed by atoms with E-state index in [4.69, 9.17) is 20.3 Å². The van der Waals surface area contributed by atoms with Crippen molar-refractivity contribution in [2.45, 2.75) is 43.1 Å². The third-order valence-corrected chi connectivity index (χ3v) is 5.81. The number of nitrogens with one attached hydrogen (secondary N) is 1. The molecule has 2 aromatic carbocycles. The number of carbonyl (C=O) groups excluding carboxylic acids is 2. The monoisotopic (exact) mass is 447 g/mol. The highest BCUT2D eigenvalue weighted by atomic mass is 32.2. The number of anilines is 2. The number of nitrogen functional groups attached to an aromatic ring is 1. The molecule has 5 N–H and O–H groups in total. The highest BCUT2D eigenvalue weighted by Gasteiger charge is 2.20. The average Bonchev–Trinajstić information content (AvgIpc) is 3.22. The van der Waals surface area contributed by atoms with Crippen LogP contribution in [-0.2, 0) is 19.6 Å². The fraction of sp³-hybridized carbons (Fsp3) is 0.333. The molecule has 0 atom stereocenters. The van der Waals surface area contributed by atoms with Gasteiger partial charge in [-0.25, -0.2) is 18.4 Å². The Morgan fingerprint density at radius 2 is 1.74 bits per heavy atom. The summed E-state index contributed by atoms with van der Waals surface area (Å²) in [5.41, 5.74) is 7.02. The van der Waals surface area contributed by atoms with E-state index in [0.29, 0.717) is 22.7 Å². The SMILES string of the molecule is Nc1ccc(C(=O)OC2CCCC2)cc1OCCC(=O)Nc1ccc(S(N)(=O)=O)cc1. The zero-order valence-corrected chi connectivity index (χ0v) is 17.7. The number of hydrogen-bond acceptors (Lipinski definition) is 7. The van der Waals surface area contributed by atoms with Gasteiger partial charge in [0.1, 0.15) is 11.9 Å². The topological polar surface area (TPSA) is 151 Å². The van der Waals surface area contributed by atoms with Gasteiger partial charge in [0.2, 0.25) is 15.9 Å². The molecule has 0 aromatic heterocycles. The molecule has 2 aromatic rings. The maximum absolute atomic E-state index is 12.3. The predicted octanol–water partition coefficient (Wildman–Crippen LogP) is 2.42. The summed E-state index contributed by atoms with van der Waals surface area (Å²) in [6.45, 7) is 0.0341. The van der Waals surface area contributed by atoms with Crippen molar-refractivity contribution in [1.82, 2.24) is 0 Å². The van der Waals surface area contributed by atoms with Gasteiger partial charge < -0.3 is 20.5 Å². The summed E-state index contributed by atoms with van der Waals surface area (Å²) in [7, 11) is -3.79. The highest BCUT2D eigenvalue weighted by molar-refractivity contribution is 7.89. The van der Waals surface area contributed by atoms with Crippen LogP contribution in [0, 0.1) is 0 Å². The van der Waals surface area contributed by atoms with E-state index in [1.54, 1.807) is 12.1 Å². The Labute approximate surface area is 180 Å². The second-order valence-corrected chi connectivity index (χ2v) is 8.84. The Hall–Kier alpha value is -3.11. The summed E-state index contributed by atoms with van der Waals surface area (Å²) in [4.78, 5) is 24.4. The van der Waals surface area contributed by atoms with E-state index in [-0.39, 0.29) is 29.9 Å². The standard InChI is InChI=1S/C21H25N3O6S/c22-18-10-5-14(21(26)30-16-3-1-2-4-16)13-19(18)29-12-11-20(25)24-15-6-8-17(9-7-15)31(23,27)28/h5-10,13,16H,1-4,11-12,22H2,(H,24,25)(H2,23,27,28). The molecule has 1 saturated carbocycles. The van der Waals surface area contributed by atoms with E-state index in [2.05, 4.69) is 5.32 Å². The van der Waals surface area contributed by atoms with Gasteiger partial charge in [0, 0.05) is 5.69 Å². The fourth-order valence-corrected chi connectivity index (χ4v) is 3.73. The Kier molecular flexibility index (Phi) is 7.13. The van der Waals surface area contributed by atoms with Crippen molar-refractivity contribution >= 4 is 33.3 Å². The smallest absolute Gasteiger partial charge is 0.338 e. The third-order valence-electron chi connectivity index (χ3n) is 4.88. The second kappa shape index (κ2) is 9.80. The van der Waals surface area contributed by atoms with Gasteiger partial charge in [-0.1, -0.05) is 0 Å². The molecule has 31 heavy (non-hydrogen) atoms. The Morgan fingerprint density at radius 1 is 1.06 bits per heavy atom. The van der Waals surface area contributed by atoms with Crippen LogP contribution in [0.15, 0.2) is 47.4 Å². The lowest BCUT2D eigenvalue weighted by atomic mass is 10.2. The van der Waals surface area contributed by atoms with Crippen molar-refractivity contribution in [1.29, 1.82) is 0 Å². The number of rotatable bonds is 8. The van der Waals surface area contributed by atoms with Crippen LogP contribution in [0.4, 0.5) is 11.4 Å². The largest absolute Gasteiger partial charge is 0.491 e. The first-order chi connectivity index (χ1) is 14.7. The normalized spacial score (nSPS) is 14.2. The molecule has 1 amide bonds. The lowest BCUT2D eigenvalue weighted by molar-refractivity contribution is -0.116. The zero-order chi connectivity index (χ0) is 22.4. The number of sulfonamides is 1. The first kappa shape index (κ1) is 22.6. The highest BCUT2D eigenvalue weighted by Crippen LogP contribution is 2.26. The van der Waals surface area contributed by atoms with Gasteiger partial charge in [-0.15, -0.1) is 0 Å². The number of amides is 1. The van der Waals surface area contributed by atoms with Crippen LogP contribution in [0.3, 0.4) is 0 Å². The lowest BCUT2D eigenvalue weighted by Gasteiger charge is -2.13. The average molecular weight is 448 g/mol. The molecule has 0 saturated heterocycles. The van der Waals surface area contributed by atoms with E-state index in [9.17, 15) is 18.0 Å². The van der Waals surface area contributed by atoms with Crippen molar-refractivity contribution in [2.24, 2.45) is 5.14 Å². The molecule has 10 heteroatoms. The van der Waals surface area contributed by atoms with Crippen molar-refractivity contribution in [3.05, 3.63) is 48.0 Å². The van der Waals surface area contributed by atoms with Gasteiger partial charge in [0.05, 0.1) is 29.2 Å². The van der Waals surface area contributed by atoms with Crippen LogP contribution >= 0.6 is 0 Å². The Bertz CT molecular complexity index is 1050. The van der Waals surface area contributed by atoms with Crippen molar-refractivity contribution < 1.29 is 27.5 Å². The van der Waals surface area contributed by atoms with Gasteiger partial charge in [0.25, 0.3) is 0 Å². The third kappa shape index (κ3) is 6.43. The second-order valence-electron chi connectivity index (χ2n) is 7.28. The van der Waals surface area contributed by atoms with E-state index in [1.165, 1.54) is 30.3 Å². The minimum absolute atomic E-state index is 0.0210. The lowest BCUT2D eigenvalue weighted by Crippen LogP contribution is -2.17. The van der Waals surface area contributed by atoms with Crippen LogP contribution in [0.5, 0.6) is 5.75 Å². The van der Waals surface area contributed by atoms with Gasteiger partial charge in [0.15, 0.2) is 0 Å². The van der Waals surface area contributed by atoms with Gasteiger partial charge in [-0.3, -0.25) is 4.79 Å². The van der Waals surface area contributed by atoms with E-state index < -0.39 is 16.0 Å². The van der Waals surface area contributed by atoms with Crippen molar-refractivity contribution in [3.8, 4) is 5.75 Å². The summed E-state index contributed by atoms with van der Waals surface area (Å²) in [5, 5.41) is 7.67. The number of ether oxygens (including phenoxy) is 2. The number of primary sulfonamides is 1. The number of benzene rings is 2.